The van der Waals surface area contributed by atoms with Crippen molar-refractivity contribution in [2.24, 2.45) is 5.92 Å². The van der Waals surface area contributed by atoms with E-state index in [0.717, 1.165) is 25.7 Å². The Morgan fingerprint density at radius 2 is 1.67 bits per heavy atom. The zero-order valence-electron chi connectivity index (χ0n) is 15.8. The molecule has 0 aromatic rings. The number of nitrogens with one attached hydrogen (secondary N) is 1. The van der Waals surface area contributed by atoms with Gasteiger partial charge in [0.25, 0.3) is 0 Å². The van der Waals surface area contributed by atoms with E-state index in [-0.39, 0.29) is 17.6 Å². The van der Waals surface area contributed by atoms with Crippen molar-refractivity contribution in [3.05, 3.63) is 0 Å². The van der Waals surface area contributed by atoms with Crippen molar-refractivity contribution in [3.63, 3.8) is 0 Å². The van der Waals surface area contributed by atoms with Gasteiger partial charge in [-0.15, -0.1) is 0 Å². The van der Waals surface area contributed by atoms with E-state index < -0.39 is 23.8 Å². The summed E-state index contributed by atoms with van der Waals surface area (Å²) in [5, 5.41) is 2.85. The molecule has 1 saturated carbocycles. The van der Waals surface area contributed by atoms with Gasteiger partial charge in [0.1, 0.15) is 11.6 Å². The highest BCUT2D eigenvalue weighted by Crippen LogP contribution is 2.27. The van der Waals surface area contributed by atoms with E-state index in [0.29, 0.717) is 0 Å². The van der Waals surface area contributed by atoms with E-state index in [1.807, 2.05) is 0 Å². The molecule has 0 saturated heterocycles. The van der Waals surface area contributed by atoms with Crippen LogP contribution in [0.15, 0.2) is 0 Å². The van der Waals surface area contributed by atoms with Crippen molar-refractivity contribution in [1.29, 1.82) is 0 Å². The Hall–Kier alpha value is -1.59. The molecular weight excluding hydrogens is 308 g/mol. The molecule has 2 amide bonds. The van der Waals surface area contributed by atoms with Crippen molar-refractivity contribution >= 4 is 17.8 Å². The van der Waals surface area contributed by atoms with Gasteiger partial charge in [-0.25, -0.2) is 4.79 Å². The lowest BCUT2D eigenvalue weighted by molar-refractivity contribution is -0.131. The normalized spacial score (nSPS) is 18.4. The minimum absolute atomic E-state index is 0.0256. The summed E-state index contributed by atoms with van der Waals surface area (Å²) in [6.45, 7) is 8.48. The third-order valence-electron chi connectivity index (χ3n) is 4.50. The standard InChI is InChI=1S/C18H32N2O4/c1-12(20(6)17(23)24-18(3,4)5)16(22)19-15(13(2)21)14-10-8-7-9-11-14/h12,14-15H,7-11H2,1-6H3,(H,19,22)/t12-,15+/m0/s1. The minimum Gasteiger partial charge on any atom is -0.444 e. The molecule has 1 aliphatic rings. The number of nitrogens with zero attached hydrogens (tertiary/aromatic N) is 1. The molecular formula is C18H32N2O4. The van der Waals surface area contributed by atoms with Gasteiger partial charge in [-0.05, 0) is 53.4 Å². The predicted molar refractivity (Wildman–Crippen MR) is 92.6 cm³/mol. The number of ketones is 1. The number of rotatable bonds is 5. The number of hydrogen-bond donors (Lipinski definition) is 1. The molecule has 0 aromatic heterocycles. The Morgan fingerprint density at radius 1 is 1.12 bits per heavy atom. The van der Waals surface area contributed by atoms with Gasteiger partial charge in [0, 0.05) is 7.05 Å². The van der Waals surface area contributed by atoms with Crippen molar-refractivity contribution in [2.45, 2.75) is 84.4 Å². The van der Waals surface area contributed by atoms with E-state index in [1.54, 1.807) is 27.7 Å². The van der Waals surface area contributed by atoms with Crippen LogP contribution < -0.4 is 5.32 Å². The lowest BCUT2D eigenvalue weighted by Gasteiger charge is -2.32. The van der Waals surface area contributed by atoms with Gasteiger partial charge in [0.15, 0.2) is 5.78 Å². The van der Waals surface area contributed by atoms with Crippen LogP contribution in [-0.4, -0.2) is 47.4 Å². The number of ether oxygens (including phenoxy) is 1. The molecule has 1 aliphatic carbocycles. The summed E-state index contributed by atoms with van der Waals surface area (Å²) in [6, 6.07) is -1.17. The number of carbonyl (C=O) groups is 3. The van der Waals surface area contributed by atoms with Crippen LogP contribution in [-0.2, 0) is 14.3 Å². The third-order valence-corrected chi connectivity index (χ3v) is 4.50. The summed E-state index contributed by atoms with van der Waals surface area (Å²) < 4.78 is 5.28. The first kappa shape index (κ1) is 20.5. The summed E-state index contributed by atoms with van der Waals surface area (Å²) >= 11 is 0. The molecule has 0 bridgehead atoms. The van der Waals surface area contributed by atoms with Crippen LogP contribution in [0.2, 0.25) is 0 Å². The molecule has 0 unspecified atom stereocenters. The Morgan fingerprint density at radius 3 is 2.12 bits per heavy atom. The number of carbonyl (C=O) groups excluding carboxylic acids is 3. The van der Waals surface area contributed by atoms with Gasteiger partial charge in [0.05, 0.1) is 6.04 Å². The SMILES string of the molecule is CC(=O)[C@@H](NC(=O)[C@H](C)N(C)C(=O)OC(C)(C)C)C1CCCCC1. The summed E-state index contributed by atoms with van der Waals surface area (Å²) in [5.41, 5.74) is -0.619. The summed E-state index contributed by atoms with van der Waals surface area (Å²) in [6.07, 6.45) is 4.74. The van der Waals surface area contributed by atoms with Crippen molar-refractivity contribution in [3.8, 4) is 0 Å². The van der Waals surface area contributed by atoms with Crippen molar-refractivity contribution < 1.29 is 19.1 Å². The molecule has 6 heteroatoms. The van der Waals surface area contributed by atoms with Crippen LogP contribution >= 0.6 is 0 Å². The fourth-order valence-electron chi connectivity index (χ4n) is 2.96. The van der Waals surface area contributed by atoms with E-state index in [2.05, 4.69) is 5.32 Å². The lowest BCUT2D eigenvalue weighted by atomic mass is 9.82. The molecule has 24 heavy (non-hydrogen) atoms. The number of Topliss-reactive ketones (excluding diaryl/α,β-unsaturated/α-hetero) is 1. The van der Waals surface area contributed by atoms with Gasteiger partial charge in [-0.1, -0.05) is 19.3 Å². The molecule has 0 aromatic carbocycles. The first-order valence-electron chi connectivity index (χ1n) is 8.79. The Bertz CT molecular complexity index is 464. The fraction of sp³-hybridized carbons (Fsp3) is 0.833. The Kier molecular flexibility index (Phi) is 7.24. The molecule has 2 atom stereocenters. The second kappa shape index (κ2) is 8.49. The van der Waals surface area contributed by atoms with E-state index >= 15 is 0 Å². The van der Waals surface area contributed by atoms with Crippen molar-refractivity contribution in [1.82, 2.24) is 10.2 Å². The quantitative estimate of drug-likeness (QED) is 0.835. The van der Waals surface area contributed by atoms with Crippen LogP contribution in [0.4, 0.5) is 4.79 Å². The molecule has 0 spiro atoms. The maximum atomic E-state index is 12.5. The second-order valence-electron chi connectivity index (χ2n) is 7.76. The highest BCUT2D eigenvalue weighted by Gasteiger charge is 2.32. The van der Waals surface area contributed by atoms with E-state index in [4.69, 9.17) is 4.74 Å². The molecule has 0 heterocycles. The maximum Gasteiger partial charge on any atom is 0.410 e. The van der Waals surface area contributed by atoms with Gasteiger partial charge in [-0.2, -0.15) is 0 Å². The van der Waals surface area contributed by atoms with Gasteiger partial charge < -0.3 is 10.1 Å². The van der Waals surface area contributed by atoms with Crippen LogP contribution in [0.1, 0.15) is 66.7 Å². The fourth-order valence-corrected chi connectivity index (χ4v) is 2.96. The highest BCUT2D eigenvalue weighted by molar-refractivity contribution is 5.91. The monoisotopic (exact) mass is 340 g/mol. The Balaban J connectivity index is 2.68. The van der Waals surface area contributed by atoms with Crippen molar-refractivity contribution in [2.75, 3.05) is 7.05 Å². The van der Waals surface area contributed by atoms with Crippen LogP contribution in [0.25, 0.3) is 0 Å². The lowest BCUT2D eigenvalue weighted by Crippen LogP contribution is -2.53. The summed E-state index contributed by atoms with van der Waals surface area (Å²) in [5.74, 6) is -0.157. The molecule has 1 rings (SSSR count). The Labute approximate surface area is 145 Å². The van der Waals surface area contributed by atoms with Crippen LogP contribution in [0, 0.1) is 5.92 Å². The predicted octanol–water partition coefficient (Wildman–Crippen LogP) is 2.90. The molecule has 0 aliphatic heterocycles. The zero-order valence-corrected chi connectivity index (χ0v) is 15.8. The minimum atomic E-state index is -0.703. The third kappa shape index (κ3) is 6.13. The zero-order chi connectivity index (χ0) is 18.5. The average Bonchev–Trinajstić information content (AvgIpc) is 2.49. The largest absolute Gasteiger partial charge is 0.444 e. The first-order chi connectivity index (χ1) is 11.0. The van der Waals surface area contributed by atoms with Crippen LogP contribution in [0.3, 0.4) is 0 Å². The molecule has 6 nitrogen and oxygen atoms in total. The van der Waals surface area contributed by atoms with Gasteiger partial charge in [0.2, 0.25) is 5.91 Å². The number of likely N-dealkylation sites (N-methyl/N-ethyl adjacent to an activating group) is 1. The second-order valence-corrected chi connectivity index (χ2v) is 7.76. The molecule has 0 radical (unpaired) electrons. The first-order valence-corrected chi connectivity index (χ1v) is 8.79. The maximum absolute atomic E-state index is 12.5. The van der Waals surface area contributed by atoms with Gasteiger partial charge >= 0.3 is 6.09 Å². The highest BCUT2D eigenvalue weighted by atomic mass is 16.6. The number of amides is 2. The van der Waals surface area contributed by atoms with Gasteiger partial charge in [-0.3, -0.25) is 14.5 Å². The summed E-state index contributed by atoms with van der Waals surface area (Å²) in [7, 11) is 1.53. The molecule has 1 N–H and O–H groups in total. The van der Waals surface area contributed by atoms with E-state index in [1.165, 1.54) is 25.3 Å². The number of hydrogen-bond acceptors (Lipinski definition) is 4. The van der Waals surface area contributed by atoms with E-state index in [9.17, 15) is 14.4 Å². The molecule has 138 valence electrons. The summed E-state index contributed by atoms with van der Waals surface area (Å²) in [4.78, 5) is 37.8. The average molecular weight is 340 g/mol. The smallest absolute Gasteiger partial charge is 0.410 e. The molecule has 1 fully saturated rings. The van der Waals surface area contributed by atoms with Crippen LogP contribution in [0.5, 0.6) is 0 Å². The topological polar surface area (TPSA) is 75.7 Å².